The molecule has 2 atom stereocenters. The maximum Gasteiger partial charge on any atom is 0.227 e. The minimum absolute atomic E-state index is 0.242. The van der Waals surface area contributed by atoms with Crippen molar-refractivity contribution in [1.82, 2.24) is 9.80 Å². The summed E-state index contributed by atoms with van der Waals surface area (Å²) in [7, 11) is 0. The highest BCUT2D eigenvalue weighted by molar-refractivity contribution is 5.79. The molecule has 0 N–H and O–H groups in total. The predicted molar refractivity (Wildman–Crippen MR) is 78.5 cm³/mol. The van der Waals surface area contributed by atoms with E-state index in [1.54, 1.807) is 0 Å². The van der Waals surface area contributed by atoms with Crippen molar-refractivity contribution in [3.63, 3.8) is 0 Å². The van der Waals surface area contributed by atoms with E-state index in [1.807, 2.05) is 0 Å². The SMILES string of the molecule is CC(C)CN1CC[C@@H](C(=O)N2CC[C@@]3(CCOC3)C2)C1. The second-order valence-electron chi connectivity index (χ2n) is 7.45. The summed E-state index contributed by atoms with van der Waals surface area (Å²) in [5.41, 5.74) is 0.298. The van der Waals surface area contributed by atoms with Gasteiger partial charge in [-0.25, -0.2) is 0 Å². The lowest BCUT2D eigenvalue weighted by atomic mass is 9.87. The summed E-state index contributed by atoms with van der Waals surface area (Å²) in [4.78, 5) is 17.3. The average Bonchev–Trinajstić information content (AvgIpc) is 3.11. The number of nitrogens with zero attached hydrogens (tertiary/aromatic N) is 2. The van der Waals surface area contributed by atoms with Crippen molar-refractivity contribution in [3.8, 4) is 0 Å². The molecule has 3 aliphatic heterocycles. The third kappa shape index (κ3) is 2.86. The van der Waals surface area contributed by atoms with Crippen molar-refractivity contribution in [2.75, 3.05) is 45.9 Å². The zero-order chi connectivity index (χ0) is 14.2. The van der Waals surface area contributed by atoms with Gasteiger partial charge in [0.1, 0.15) is 0 Å². The van der Waals surface area contributed by atoms with E-state index in [-0.39, 0.29) is 5.92 Å². The predicted octanol–water partition coefficient (Wildman–Crippen LogP) is 1.60. The molecule has 1 amide bonds. The third-order valence-electron chi connectivity index (χ3n) is 5.18. The van der Waals surface area contributed by atoms with Crippen LogP contribution in [0.2, 0.25) is 0 Å². The Kier molecular flexibility index (Phi) is 4.04. The van der Waals surface area contributed by atoms with E-state index in [0.29, 0.717) is 17.2 Å². The molecule has 0 radical (unpaired) electrons. The number of likely N-dealkylation sites (tertiary alicyclic amines) is 2. The van der Waals surface area contributed by atoms with Gasteiger partial charge in [-0.05, 0) is 31.7 Å². The summed E-state index contributed by atoms with van der Waals surface area (Å²) in [6, 6.07) is 0. The van der Waals surface area contributed by atoms with Crippen molar-refractivity contribution in [3.05, 3.63) is 0 Å². The highest BCUT2D eigenvalue weighted by Gasteiger charge is 2.44. The Morgan fingerprint density at radius 3 is 2.90 bits per heavy atom. The van der Waals surface area contributed by atoms with Gasteiger partial charge in [-0.1, -0.05) is 13.8 Å². The Bertz CT molecular complexity index is 363. The van der Waals surface area contributed by atoms with Crippen LogP contribution in [-0.2, 0) is 9.53 Å². The van der Waals surface area contributed by atoms with Gasteiger partial charge in [-0.15, -0.1) is 0 Å². The second kappa shape index (κ2) is 5.64. The van der Waals surface area contributed by atoms with Crippen LogP contribution in [-0.4, -0.2) is 61.6 Å². The van der Waals surface area contributed by atoms with Crippen LogP contribution in [0.5, 0.6) is 0 Å². The normalized spacial score (nSPS) is 34.8. The fourth-order valence-corrected chi connectivity index (χ4v) is 4.07. The van der Waals surface area contributed by atoms with Crippen LogP contribution in [0.1, 0.15) is 33.1 Å². The number of amides is 1. The summed E-state index contributed by atoms with van der Waals surface area (Å²) in [5.74, 6) is 1.33. The van der Waals surface area contributed by atoms with Gasteiger partial charge >= 0.3 is 0 Å². The molecule has 0 aromatic rings. The minimum atomic E-state index is 0.242. The van der Waals surface area contributed by atoms with E-state index < -0.39 is 0 Å². The number of hydrogen-bond acceptors (Lipinski definition) is 3. The summed E-state index contributed by atoms with van der Waals surface area (Å²) in [6.45, 7) is 11.3. The maximum absolute atomic E-state index is 12.7. The molecular formula is C16H28N2O2. The standard InChI is InChI=1S/C16H28N2O2/c1-13(2)9-17-6-3-14(10-17)15(19)18-7-4-16(11-18)5-8-20-12-16/h13-14H,3-12H2,1-2H3/t14-,16-/m1/s1. The van der Waals surface area contributed by atoms with Crippen molar-refractivity contribution in [2.24, 2.45) is 17.3 Å². The smallest absolute Gasteiger partial charge is 0.227 e. The summed E-state index contributed by atoms with van der Waals surface area (Å²) in [6.07, 6.45) is 3.33. The highest BCUT2D eigenvalue weighted by Crippen LogP contribution is 2.39. The van der Waals surface area contributed by atoms with E-state index in [1.165, 1.54) is 0 Å². The molecule has 0 aromatic heterocycles. The zero-order valence-corrected chi connectivity index (χ0v) is 12.9. The molecule has 3 rings (SSSR count). The van der Waals surface area contributed by atoms with E-state index in [2.05, 4.69) is 23.6 Å². The molecule has 0 saturated carbocycles. The lowest BCUT2D eigenvalue weighted by Crippen LogP contribution is -2.38. The Hall–Kier alpha value is -0.610. The Morgan fingerprint density at radius 2 is 2.20 bits per heavy atom. The van der Waals surface area contributed by atoms with Gasteiger partial charge in [0.25, 0.3) is 0 Å². The number of hydrogen-bond donors (Lipinski definition) is 0. The van der Waals surface area contributed by atoms with Crippen LogP contribution in [0.15, 0.2) is 0 Å². The molecular weight excluding hydrogens is 252 g/mol. The molecule has 3 saturated heterocycles. The van der Waals surface area contributed by atoms with E-state index in [9.17, 15) is 4.79 Å². The van der Waals surface area contributed by atoms with Gasteiger partial charge in [0.2, 0.25) is 5.91 Å². The molecule has 3 fully saturated rings. The first-order valence-corrected chi connectivity index (χ1v) is 8.17. The van der Waals surface area contributed by atoms with Crippen molar-refractivity contribution >= 4 is 5.91 Å². The molecule has 4 heteroatoms. The van der Waals surface area contributed by atoms with E-state index in [0.717, 1.165) is 65.2 Å². The molecule has 0 aromatic carbocycles. The van der Waals surface area contributed by atoms with Gasteiger partial charge in [0.05, 0.1) is 12.5 Å². The number of rotatable bonds is 3. The van der Waals surface area contributed by atoms with Gasteiger partial charge in [-0.2, -0.15) is 0 Å². The van der Waals surface area contributed by atoms with Crippen LogP contribution < -0.4 is 0 Å². The molecule has 20 heavy (non-hydrogen) atoms. The average molecular weight is 280 g/mol. The summed E-state index contributed by atoms with van der Waals surface area (Å²) in [5, 5.41) is 0. The molecule has 3 aliphatic rings. The van der Waals surface area contributed by atoms with Crippen LogP contribution in [0.4, 0.5) is 0 Å². The van der Waals surface area contributed by atoms with Gasteiger partial charge in [0, 0.05) is 38.2 Å². The second-order valence-corrected chi connectivity index (χ2v) is 7.45. The number of ether oxygens (including phenoxy) is 1. The Balaban J connectivity index is 1.52. The van der Waals surface area contributed by atoms with Crippen LogP contribution in [0, 0.1) is 17.3 Å². The first-order valence-electron chi connectivity index (χ1n) is 8.17. The minimum Gasteiger partial charge on any atom is -0.381 e. The molecule has 0 unspecified atom stereocenters. The third-order valence-corrected chi connectivity index (χ3v) is 5.18. The monoisotopic (exact) mass is 280 g/mol. The number of carbonyl (C=O) groups is 1. The van der Waals surface area contributed by atoms with Crippen LogP contribution in [0.25, 0.3) is 0 Å². The Morgan fingerprint density at radius 1 is 1.35 bits per heavy atom. The van der Waals surface area contributed by atoms with Gasteiger partial charge in [-0.3, -0.25) is 4.79 Å². The largest absolute Gasteiger partial charge is 0.381 e. The molecule has 0 aliphatic carbocycles. The zero-order valence-electron chi connectivity index (χ0n) is 12.9. The van der Waals surface area contributed by atoms with Crippen molar-refractivity contribution in [2.45, 2.75) is 33.1 Å². The van der Waals surface area contributed by atoms with Crippen LogP contribution >= 0.6 is 0 Å². The summed E-state index contributed by atoms with van der Waals surface area (Å²) < 4.78 is 5.55. The van der Waals surface area contributed by atoms with Crippen LogP contribution in [0.3, 0.4) is 0 Å². The number of carbonyl (C=O) groups excluding carboxylic acids is 1. The van der Waals surface area contributed by atoms with Gasteiger partial charge < -0.3 is 14.5 Å². The lowest BCUT2D eigenvalue weighted by Gasteiger charge is -2.24. The summed E-state index contributed by atoms with van der Waals surface area (Å²) >= 11 is 0. The van der Waals surface area contributed by atoms with E-state index in [4.69, 9.17) is 4.74 Å². The Labute approximate surface area is 122 Å². The van der Waals surface area contributed by atoms with Crippen molar-refractivity contribution < 1.29 is 9.53 Å². The molecule has 0 bridgehead atoms. The van der Waals surface area contributed by atoms with Gasteiger partial charge in [0.15, 0.2) is 0 Å². The fourth-order valence-electron chi connectivity index (χ4n) is 4.07. The van der Waals surface area contributed by atoms with Crippen molar-refractivity contribution in [1.29, 1.82) is 0 Å². The van der Waals surface area contributed by atoms with E-state index >= 15 is 0 Å². The highest BCUT2D eigenvalue weighted by atomic mass is 16.5. The molecule has 1 spiro atoms. The topological polar surface area (TPSA) is 32.8 Å². The lowest BCUT2D eigenvalue weighted by molar-refractivity contribution is -0.134. The fraction of sp³-hybridized carbons (Fsp3) is 0.938. The first kappa shape index (κ1) is 14.3. The molecule has 3 heterocycles. The first-order chi connectivity index (χ1) is 9.58. The maximum atomic E-state index is 12.7. The molecule has 114 valence electrons. The molecule has 4 nitrogen and oxygen atoms in total. The quantitative estimate of drug-likeness (QED) is 0.787.